The first-order valence-corrected chi connectivity index (χ1v) is 7.48. The Morgan fingerprint density at radius 1 is 1.14 bits per heavy atom. The van der Waals surface area contributed by atoms with E-state index in [0.29, 0.717) is 16.7 Å². The third-order valence-corrected chi connectivity index (χ3v) is 4.36. The van der Waals surface area contributed by atoms with E-state index in [4.69, 9.17) is 9.15 Å². The average molecular weight is 314 g/mol. The Balaban J connectivity index is 2.10. The molecule has 0 fully saturated rings. The number of aromatic hydroxyl groups is 1. The number of ether oxygens (including phenoxy) is 1. The van der Waals surface area contributed by atoms with Gasteiger partial charge in [0.05, 0.1) is 12.5 Å². The molecule has 0 saturated heterocycles. The number of aryl methyl sites for hydroxylation is 1. The van der Waals surface area contributed by atoms with Crippen LogP contribution in [0.4, 0.5) is 0 Å². The molecule has 0 amide bonds. The van der Waals surface area contributed by atoms with E-state index in [1.54, 1.807) is 18.2 Å². The lowest BCUT2D eigenvalue weighted by molar-refractivity contribution is 0.412. The van der Waals surface area contributed by atoms with Crippen LogP contribution in [0.5, 0.6) is 11.5 Å². The zero-order valence-corrected chi connectivity index (χ0v) is 12.9. The predicted octanol–water partition coefficient (Wildman–Crippen LogP) is 3.97. The summed E-state index contributed by atoms with van der Waals surface area (Å²) in [6.07, 6.45) is 0. The van der Waals surface area contributed by atoms with Crippen LogP contribution in [-0.4, -0.2) is 12.2 Å². The molecule has 0 bridgehead atoms. The lowest BCUT2D eigenvalue weighted by atomic mass is 10.2. The van der Waals surface area contributed by atoms with Gasteiger partial charge < -0.3 is 14.3 Å². The molecule has 4 nitrogen and oxygen atoms in total. The second-order valence-electron chi connectivity index (χ2n) is 4.84. The minimum absolute atomic E-state index is 0.0699. The molecule has 3 aromatic rings. The minimum Gasteiger partial charge on any atom is -0.506 e. The number of rotatable bonds is 3. The standard InChI is InChI=1S/C17H14O4S/c1-10-3-6-12(7-4-10)22-16-15(18)13-8-5-11(20-2)9-14(13)21-17(16)19/h3-9,18H,1-2H3. The Labute approximate surface area is 131 Å². The molecule has 3 rings (SSSR count). The van der Waals surface area contributed by atoms with Gasteiger partial charge in [0, 0.05) is 11.0 Å². The van der Waals surface area contributed by atoms with Gasteiger partial charge in [0.15, 0.2) is 0 Å². The van der Waals surface area contributed by atoms with Crippen molar-refractivity contribution in [1.29, 1.82) is 0 Å². The van der Waals surface area contributed by atoms with E-state index in [-0.39, 0.29) is 10.6 Å². The van der Waals surface area contributed by atoms with Crippen molar-refractivity contribution in [3.63, 3.8) is 0 Å². The van der Waals surface area contributed by atoms with Gasteiger partial charge in [-0.05, 0) is 31.2 Å². The van der Waals surface area contributed by atoms with E-state index in [9.17, 15) is 9.90 Å². The maximum atomic E-state index is 12.1. The van der Waals surface area contributed by atoms with E-state index >= 15 is 0 Å². The van der Waals surface area contributed by atoms with Crippen molar-refractivity contribution in [2.45, 2.75) is 16.7 Å². The van der Waals surface area contributed by atoms with E-state index in [0.717, 1.165) is 10.5 Å². The maximum Gasteiger partial charge on any atom is 0.354 e. The van der Waals surface area contributed by atoms with Crippen molar-refractivity contribution in [2.24, 2.45) is 0 Å². The van der Waals surface area contributed by atoms with Gasteiger partial charge in [-0.15, -0.1) is 0 Å². The summed E-state index contributed by atoms with van der Waals surface area (Å²) < 4.78 is 10.4. The molecule has 0 radical (unpaired) electrons. The molecule has 0 saturated carbocycles. The SMILES string of the molecule is COc1ccc2c(O)c(Sc3ccc(C)cc3)c(=O)oc2c1. The first kappa shape index (κ1) is 14.5. The van der Waals surface area contributed by atoms with Gasteiger partial charge in [-0.1, -0.05) is 29.5 Å². The fourth-order valence-electron chi connectivity index (χ4n) is 2.09. The smallest absolute Gasteiger partial charge is 0.354 e. The molecule has 5 heteroatoms. The molecule has 2 aromatic carbocycles. The lowest BCUT2D eigenvalue weighted by Crippen LogP contribution is -2.02. The average Bonchev–Trinajstić information content (AvgIpc) is 2.52. The predicted molar refractivity (Wildman–Crippen MR) is 86.0 cm³/mol. The summed E-state index contributed by atoms with van der Waals surface area (Å²) in [7, 11) is 1.53. The summed E-state index contributed by atoms with van der Waals surface area (Å²) in [5, 5.41) is 10.9. The van der Waals surface area contributed by atoms with Gasteiger partial charge in [-0.2, -0.15) is 0 Å². The van der Waals surface area contributed by atoms with Crippen LogP contribution in [0, 0.1) is 6.92 Å². The quantitative estimate of drug-likeness (QED) is 0.741. The van der Waals surface area contributed by atoms with Crippen LogP contribution in [-0.2, 0) is 0 Å². The molecule has 0 spiro atoms. The Morgan fingerprint density at radius 3 is 2.55 bits per heavy atom. The summed E-state index contributed by atoms with van der Waals surface area (Å²) in [5.74, 6) is 0.494. The van der Waals surface area contributed by atoms with Crippen LogP contribution >= 0.6 is 11.8 Å². The maximum absolute atomic E-state index is 12.1. The highest BCUT2D eigenvalue weighted by atomic mass is 32.2. The first-order chi connectivity index (χ1) is 10.6. The number of benzene rings is 2. The first-order valence-electron chi connectivity index (χ1n) is 6.67. The van der Waals surface area contributed by atoms with Crippen molar-refractivity contribution in [3.8, 4) is 11.5 Å². The molecule has 22 heavy (non-hydrogen) atoms. The van der Waals surface area contributed by atoms with Crippen LogP contribution < -0.4 is 10.4 Å². The molecule has 0 aliphatic heterocycles. The van der Waals surface area contributed by atoms with Gasteiger partial charge in [0.2, 0.25) is 0 Å². The van der Waals surface area contributed by atoms with Crippen molar-refractivity contribution in [2.75, 3.05) is 7.11 Å². The number of fused-ring (bicyclic) bond motifs is 1. The van der Waals surface area contributed by atoms with Crippen LogP contribution in [0.2, 0.25) is 0 Å². The summed E-state index contributed by atoms with van der Waals surface area (Å²) in [6, 6.07) is 12.7. The summed E-state index contributed by atoms with van der Waals surface area (Å²) in [6.45, 7) is 1.99. The molecule has 1 heterocycles. The fraction of sp³-hybridized carbons (Fsp3) is 0.118. The Bertz CT molecular complexity index is 882. The van der Waals surface area contributed by atoms with Crippen molar-refractivity contribution >= 4 is 22.7 Å². The second kappa shape index (κ2) is 5.77. The van der Waals surface area contributed by atoms with Gasteiger partial charge in [-0.3, -0.25) is 0 Å². The topological polar surface area (TPSA) is 59.7 Å². The molecular weight excluding hydrogens is 300 g/mol. The number of methoxy groups -OCH3 is 1. The second-order valence-corrected chi connectivity index (χ2v) is 5.93. The summed E-state index contributed by atoms with van der Waals surface area (Å²) in [4.78, 5) is 13.2. The molecule has 1 N–H and O–H groups in total. The molecule has 0 unspecified atom stereocenters. The van der Waals surface area contributed by atoms with Crippen LogP contribution in [0.3, 0.4) is 0 Å². The monoisotopic (exact) mass is 314 g/mol. The van der Waals surface area contributed by atoms with Crippen molar-refractivity contribution in [1.82, 2.24) is 0 Å². The van der Waals surface area contributed by atoms with Crippen molar-refractivity contribution < 1.29 is 14.3 Å². The molecule has 0 aliphatic rings. The number of hydrogen-bond donors (Lipinski definition) is 1. The molecule has 112 valence electrons. The van der Waals surface area contributed by atoms with Gasteiger partial charge in [0.1, 0.15) is 22.0 Å². The molecule has 0 atom stereocenters. The molecule has 0 aliphatic carbocycles. The highest BCUT2D eigenvalue weighted by molar-refractivity contribution is 7.99. The Hall–Kier alpha value is -2.40. The zero-order chi connectivity index (χ0) is 15.7. The van der Waals surface area contributed by atoms with E-state index in [1.807, 2.05) is 31.2 Å². The third kappa shape index (κ3) is 2.67. The highest BCUT2D eigenvalue weighted by Crippen LogP contribution is 2.37. The van der Waals surface area contributed by atoms with Gasteiger partial charge >= 0.3 is 5.63 Å². The summed E-state index contributed by atoms with van der Waals surface area (Å²) >= 11 is 1.19. The Kier molecular flexibility index (Phi) is 3.81. The van der Waals surface area contributed by atoms with Crippen LogP contribution in [0.1, 0.15) is 5.56 Å². The van der Waals surface area contributed by atoms with Gasteiger partial charge in [-0.25, -0.2) is 4.79 Å². The normalized spacial score (nSPS) is 10.8. The molecular formula is C17H14O4S. The highest BCUT2D eigenvalue weighted by Gasteiger charge is 2.15. The largest absolute Gasteiger partial charge is 0.506 e. The molecule has 1 aromatic heterocycles. The van der Waals surface area contributed by atoms with Crippen molar-refractivity contribution in [3.05, 3.63) is 58.4 Å². The van der Waals surface area contributed by atoms with Crippen LogP contribution in [0.15, 0.2) is 61.5 Å². The third-order valence-electron chi connectivity index (χ3n) is 3.29. The number of hydrogen-bond acceptors (Lipinski definition) is 5. The van der Waals surface area contributed by atoms with E-state index < -0.39 is 5.63 Å². The Morgan fingerprint density at radius 2 is 1.86 bits per heavy atom. The van der Waals surface area contributed by atoms with Crippen LogP contribution in [0.25, 0.3) is 11.0 Å². The summed E-state index contributed by atoms with van der Waals surface area (Å²) in [5.41, 5.74) is 0.866. The van der Waals surface area contributed by atoms with E-state index in [1.165, 1.54) is 18.9 Å². The lowest BCUT2D eigenvalue weighted by Gasteiger charge is -2.07. The van der Waals surface area contributed by atoms with E-state index in [2.05, 4.69) is 0 Å². The van der Waals surface area contributed by atoms with Gasteiger partial charge in [0.25, 0.3) is 0 Å². The zero-order valence-electron chi connectivity index (χ0n) is 12.1. The fourth-order valence-corrected chi connectivity index (χ4v) is 2.93. The minimum atomic E-state index is -0.566.